The smallest absolute Gasteiger partial charge is 0.172 e. The fourth-order valence-corrected chi connectivity index (χ4v) is 4.06. The van der Waals surface area contributed by atoms with Gasteiger partial charge in [0.25, 0.3) is 0 Å². The summed E-state index contributed by atoms with van der Waals surface area (Å²) in [5.74, 6) is 2.90. The molecule has 0 unspecified atom stereocenters. The predicted molar refractivity (Wildman–Crippen MR) is 90.7 cm³/mol. The first-order chi connectivity index (χ1) is 11.6. The van der Waals surface area contributed by atoms with Crippen molar-refractivity contribution in [3.8, 4) is 5.75 Å². The molecular formula is C20H29F3O. The van der Waals surface area contributed by atoms with Gasteiger partial charge >= 0.3 is 0 Å². The molecule has 3 rings (SSSR count). The second kappa shape index (κ2) is 9.95. The van der Waals surface area contributed by atoms with Crippen molar-refractivity contribution in [2.75, 3.05) is 6.67 Å². The monoisotopic (exact) mass is 342 g/mol. The van der Waals surface area contributed by atoms with Crippen LogP contribution in [-0.4, -0.2) is 6.67 Å². The van der Waals surface area contributed by atoms with Crippen LogP contribution in [0, 0.1) is 29.5 Å². The molecule has 4 heteroatoms. The van der Waals surface area contributed by atoms with E-state index in [0.29, 0.717) is 5.92 Å². The molecule has 0 heterocycles. The maximum Gasteiger partial charge on any atom is 0.172 e. The van der Waals surface area contributed by atoms with Crippen LogP contribution in [0.5, 0.6) is 5.75 Å². The zero-order valence-electron chi connectivity index (χ0n) is 14.5. The number of halogens is 3. The SMILES string of the molecule is CC1CCC(C2CCC(CF)CC2)CC1.FOc1ccc(F)cc1. The summed E-state index contributed by atoms with van der Waals surface area (Å²) in [5, 5.41) is 0. The lowest BCUT2D eigenvalue weighted by atomic mass is 9.69. The topological polar surface area (TPSA) is 9.23 Å². The highest BCUT2D eigenvalue weighted by Gasteiger charge is 2.29. The Morgan fingerprint density at radius 3 is 1.83 bits per heavy atom. The van der Waals surface area contributed by atoms with E-state index in [1.165, 1.54) is 50.7 Å². The van der Waals surface area contributed by atoms with Crippen LogP contribution in [-0.2, 0) is 0 Å². The van der Waals surface area contributed by atoms with Gasteiger partial charge < -0.3 is 0 Å². The highest BCUT2D eigenvalue weighted by molar-refractivity contribution is 5.21. The van der Waals surface area contributed by atoms with Gasteiger partial charge in [-0.2, -0.15) is 0 Å². The number of hydrogen-bond donors (Lipinski definition) is 0. The van der Waals surface area contributed by atoms with Gasteiger partial charge in [0.15, 0.2) is 5.75 Å². The van der Waals surface area contributed by atoms with Crippen LogP contribution in [0.2, 0.25) is 0 Å². The summed E-state index contributed by atoms with van der Waals surface area (Å²) in [6.45, 7) is 2.31. The maximum absolute atomic E-state index is 12.5. The molecule has 2 aliphatic rings. The van der Waals surface area contributed by atoms with Crippen LogP contribution in [0.25, 0.3) is 0 Å². The summed E-state index contributed by atoms with van der Waals surface area (Å²) in [6, 6.07) is 4.65. The zero-order chi connectivity index (χ0) is 17.4. The molecule has 0 N–H and O–H groups in total. The number of rotatable bonds is 3. The van der Waals surface area contributed by atoms with Crippen molar-refractivity contribution in [1.29, 1.82) is 0 Å². The Kier molecular flexibility index (Phi) is 7.93. The van der Waals surface area contributed by atoms with Gasteiger partial charge in [0, 0.05) is 4.53 Å². The molecule has 0 radical (unpaired) electrons. The van der Waals surface area contributed by atoms with Crippen molar-refractivity contribution >= 4 is 0 Å². The summed E-state index contributed by atoms with van der Waals surface area (Å²) in [7, 11) is 0. The Balaban J connectivity index is 0.000000198. The van der Waals surface area contributed by atoms with E-state index in [9.17, 15) is 13.3 Å². The van der Waals surface area contributed by atoms with Crippen molar-refractivity contribution < 1.29 is 18.2 Å². The summed E-state index contributed by atoms with van der Waals surface area (Å²) in [6.07, 6.45) is 10.7. The van der Waals surface area contributed by atoms with Crippen molar-refractivity contribution in [2.45, 2.75) is 58.3 Å². The van der Waals surface area contributed by atoms with E-state index in [2.05, 4.69) is 11.9 Å². The van der Waals surface area contributed by atoms with Gasteiger partial charge in [-0.1, -0.05) is 19.8 Å². The van der Waals surface area contributed by atoms with E-state index in [1.54, 1.807) is 0 Å². The molecule has 0 aromatic heterocycles. The third-order valence-electron chi connectivity index (χ3n) is 5.74. The highest BCUT2D eigenvalue weighted by Crippen LogP contribution is 2.41. The van der Waals surface area contributed by atoms with Gasteiger partial charge in [-0.15, -0.1) is 0 Å². The first-order valence-corrected chi connectivity index (χ1v) is 9.22. The molecule has 1 aromatic carbocycles. The zero-order valence-corrected chi connectivity index (χ0v) is 14.5. The molecule has 0 amide bonds. The van der Waals surface area contributed by atoms with Gasteiger partial charge in [-0.25, -0.2) is 4.39 Å². The molecule has 0 saturated heterocycles. The molecular weight excluding hydrogens is 313 g/mol. The fourth-order valence-electron chi connectivity index (χ4n) is 4.06. The Morgan fingerprint density at radius 2 is 1.38 bits per heavy atom. The molecule has 1 nitrogen and oxygen atoms in total. The van der Waals surface area contributed by atoms with Crippen molar-refractivity contribution in [3.05, 3.63) is 30.1 Å². The van der Waals surface area contributed by atoms with Gasteiger partial charge in [0.2, 0.25) is 0 Å². The van der Waals surface area contributed by atoms with Crippen LogP contribution in [0.1, 0.15) is 58.3 Å². The Labute approximate surface area is 143 Å². The third kappa shape index (κ3) is 6.03. The van der Waals surface area contributed by atoms with Gasteiger partial charge in [-0.3, -0.25) is 9.33 Å². The van der Waals surface area contributed by atoms with E-state index in [4.69, 9.17) is 0 Å². The maximum atomic E-state index is 12.5. The average Bonchev–Trinajstić information content (AvgIpc) is 2.64. The Morgan fingerprint density at radius 1 is 0.875 bits per heavy atom. The number of hydrogen-bond acceptors (Lipinski definition) is 1. The predicted octanol–water partition coefficient (Wildman–Crippen LogP) is 6.68. The number of alkyl halides is 1. The Hall–Kier alpha value is -1.19. The largest absolute Gasteiger partial charge is 0.294 e. The lowest BCUT2D eigenvalue weighted by Gasteiger charge is -2.36. The lowest BCUT2D eigenvalue weighted by Crippen LogP contribution is -2.25. The van der Waals surface area contributed by atoms with E-state index in [1.807, 2.05) is 0 Å². The quantitative estimate of drug-likeness (QED) is 0.595. The Bertz CT molecular complexity index is 446. The van der Waals surface area contributed by atoms with Crippen LogP contribution in [0.15, 0.2) is 24.3 Å². The summed E-state index contributed by atoms with van der Waals surface area (Å²) in [5.41, 5.74) is 0. The van der Waals surface area contributed by atoms with E-state index >= 15 is 0 Å². The standard InChI is InChI=1S/C14H25F.C6H4F2O/c1-11-2-6-13(7-3-11)14-8-4-12(10-15)5-9-14;7-5-1-3-6(9-8)4-2-5/h11-14H,2-10H2,1H3;1-4H. The molecule has 0 aliphatic heterocycles. The van der Waals surface area contributed by atoms with E-state index in [-0.39, 0.29) is 12.4 Å². The van der Waals surface area contributed by atoms with Gasteiger partial charge in [0.05, 0.1) is 6.67 Å². The van der Waals surface area contributed by atoms with Crippen LogP contribution in [0.3, 0.4) is 0 Å². The van der Waals surface area contributed by atoms with Crippen molar-refractivity contribution in [2.24, 2.45) is 23.7 Å². The van der Waals surface area contributed by atoms with Crippen LogP contribution in [0.4, 0.5) is 13.3 Å². The highest BCUT2D eigenvalue weighted by atomic mass is 19.3. The fraction of sp³-hybridized carbons (Fsp3) is 0.700. The molecule has 0 spiro atoms. The normalized spacial score (nSPS) is 30.2. The molecule has 2 saturated carbocycles. The summed E-state index contributed by atoms with van der Waals surface area (Å²) in [4.78, 5) is 3.30. The second-order valence-corrected chi connectivity index (χ2v) is 7.49. The molecule has 136 valence electrons. The first-order valence-electron chi connectivity index (χ1n) is 9.22. The van der Waals surface area contributed by atoms with Crippen molar-refractivity contribution in [1.82, 2.24) is 0 Å². The minimum absolute atomic E-state index is 0.0106. The van der Waals surface area contributed by atoms with E-state index in [0.717, 1.165) is 42.7 Å². The summed E-state index contributed by atoms with van der Waals surface area (Å²) >= 11 is 0. The molecule has 1 aromatic rings. The average molecular weight is 342 g/mol. The molecule has 2 fully saturated rings. The van der Waals surface area contributed by atoms with E-state index < -0.39 is 5.82 Å². The second-order valence-electron chi connectivity index (χ2n) is 7.49. The van der Waals surface area contributed by atoms with Gasteiger partial charge in [-0.05, 0) is 86.5 Å². The lowest BCUT2D eigenvalue weighted by molar-refractivity contribution is -0.00628. The minimum Gasteiger partial charge on any atom is -0.294 e. The van der Waals surface area contributed by atoms with Crippen molar-refractivity contribution in [3.63, 3.8) is 0 Å². The molecule has 0 atom stereocenters. The first kappa shape index (κ1) is 19.1. The summed E-state index contributed by atoms with van der Waals surface area (Å²) < 4.78 is 35.8. The molecule has 24 heavy (non-hydrogen) atoms. The van der Waals surface area contributed by atoms with Gasteiger partial charge in [0.1, 0.15) is 5.82 Å². The molecule has 2 aliphatic carbocycles. The number of benzene rings is 1. The molecule has 0 bridgehead atoms. The third-order valence-corrected chi connectivity index (χ3v) is 5.74. The van der Waals surface area contributed by atoms with Crippen LogP contribution < -0.4 is 4.94 Å². The van der Waals surface area contributed by atoms with Crippen LogP contribution >= 0.6 is 0 Å². The minimum atomic E-state index is -0.407.